The van der Waals surface area contributed by atoms with E-state index in [4.69, 9.17) is 10.7 Å². The van der Waals surface area contributed by atoms with Gasteiger partial charge in [0.25, 0.3) is 0 Å². The molecule has 4 rings (SSSR count). The lowest BCUT2D eigenvalue weighted by atomic mass is 10.0. The number of aromatic nitrogens is 4. The molecule has 1 atom stereocenters. The Balaban J connectivity index is 1.41. The van der Waals surface area contributed by atoms with Gasteiger partial charge in [-0.1, -0.05) is 0 Å². The van der Waals surface area contributed by atoms with Crippen molar-refractivity contribution in [2.75, 3.05) is 31.1 Å². The summed E-state index contributed by atoms with van der Waals surface area (Å²) in [5.74, 6) is -0.544. The first-order valence-electron chi connectivity index (χ1n) is 10.5. The quantitative estimate of drug-likeness (QED) is 0.479. The van der Waals surface area contributed by atoms with Gasteiger partial charge in [0, 0.05) is 45.0 Å². The molecule has 1 aromatic carbocycles. The molecule has 2 aromatic heterocycles. The summed E-state index contributed by atoms with van der Waals surface area (Å²) in [4.78, 5) is 31.5. The number of halogens is 2. The van der Waals surface area contributed by atoms with Crippen molar-refractivity contribution in [3.63, 3.8) is 0 Å². The van der Waals surface area contributed by atoms with Crippen LogP contribution >= 0.6 is 0 Å². The van der Waals surface area contributed by atoms with E-state index >= 15 is 0 Å². The van der Waals surface area contributed by atoms with E-state index in [2.05, 4.69) is 25.3 Å². The Hall–Kier alpha value is -4.40. The third-order valence-corrected chi connectivity index (χ3v) is 5.41. The van der Waals surface area contributed by atoms with Crippen LogP contribution in [0.1, 0.15) is 23.6 Å². The second-order valence-electron chi connectivity index (χ2n) is 7.61. The highest BCUT2D eigenvalue weighted by Crippen LogP contribution is 2.22. The lowest BCUT2D eigenvalue weighted by molar-refractivity contribution is 0.190. The number of hydrogen-bond donors (Lipinski definition) is 3. The van der Waals surface area contributed by atoms with Gasteiger partial charge >= 0.3 is 6.03 Å². The number of aromatic amines is 1. The number of H-pyrrole nitrogens is 1. The van der Waals surface area contributed by atoms with Crippen LogP contribution in [0.15, 0.2) is 36.8 Å². The number of anilines is 1. The van der Waals surface area contributed by atoms with Crippen molar-refractivity contribution < 1.29 is 13.6 Å². The predicted octanol–water partition coefficient (Wildman–Crippen LogP) is 2.63. The van der Waals surface area contributed by atoms with Gasteiger partial charge in [0.05, 0.1) is 23.9 Å². The lowest BCUT2D eigenvalue weighted by Crippen LogP contribution is -2.52. The van der Waals surface area contributed by atoms with Crippen LogP contribution in [0.5, 0.6) is 0 Å². The Kier molecular flexibility index (Phi) is 6.72. The fraction of sp³-hybridized carbons (Fsp3) is 0.273. The molecule has 3 aromatic rings. The smallest absolute Gasteiger partial charge is 0.318 e. The zero-order valence-electron chi connectivity index (χ0n) is 18.0. The number of piperazine rings is 1. The number of carbonyl (C=O) groups is 1. The van der Waals surface area contributed by atoms with E-state index in [0.29, 0.717) is 43.5 Å². The van der Waals surface area contributed by atoms with E-state index in [9.17, 15) is 13.6 Å². The molecule has 10 nitrogen and oxygen atoms in total. The topological polar surface area (TPSA) is 138 Å². The van der Waals surface area contributed by atoms with Gasteiger partial charge in [-0.3, -0.25) is 0 Å². The van der Waals surface area contributed by atoms with Crippen molar-refractivity contribution in [3.8, 4) is 17.6 Å². The molecule has 0 spiro atoms. The molecule has 1 aliphatic rings. The van der Waals surface area contributed by atoms with Crippen LogP contribution in [0.25, 0.3) is 11.5 Å². The first-order valence-corrected chi connectivity index (χ1v) is 10.5. The summed E-state index contributed by atoms with van der Waals surface area (Å²) in [6, 6.07) is 4.73. The van der Waals surface area contributed by atoms with Gasteiger partial charge in [0.2, 0.25) is 5.95 Å². The Morgan fingerprint density at radius 1 is 1.26 bits per heavy atom. The second-order valence-corrected chi connectivity index (χ2v) is 7.61. The van der Waals surface area contributed by atoms with E-state index < -0.39 is 17.7 Å². The molecule has 0 aliphatic carbocycles. The molecule has 1 fully saturated rings. The van der Waals surface area contributed by atoms with Gasteiger partial charge in [0.1, 0.15) is 11.5 Å². The molecule has 1 aliphatic heterocycles. The highest BCUT2D eigenvalue weighted by atomic mass is 19.1. The molecule has 3 heterocycles. The number of hydrogen-bond acceptors (Lipinski definition) is 7. The van der Waals surface area contributed by atoms with Gasteiger partial charge in [-0.05, 0) is 30.0 Å². The third kappa shape index (κ3) is 4.98. The SMILES string of the molecule is N#Cc1cc(F)cc([C@H](CC=N)NC(=O)N2CCN(c3ncc(F)c(-c4ncc[nH]4)n3)CC2)c1. The van der Waals surface area contributed by atoms with E-state index in [1.165, 1.54) is 18.3 Å². The first-order chi connectivity index (χ1) is 16.5. The normalized spacial score (nSPS) is 14.4. The summed E-state index contributed by atoms with van der Waals surface area (Å²) < 4.78 is 28.0. The molecule has 174 valence electrons. The van der Waals surface area contributed by atoms with Crippen molar-refractivity contribution in [2.24, 2.45) is 0 Å². The molecule has 1 saturated heterocycles. The Labute approximate surface area is 193 Å². The molecule has 34 heavy (non-hydrogen) atoms. The molecule has 12 heteroatoms. The standard InChI is InChI=1S/C22H21F2N9O/c23-16-10-14(12-26)9-15(11-16)18(1-2-25)30-22(34)33-7-5-32(6-8-33)21-29-13-17(24)19(31-21)20-27-3-4-28-20/h2-4,9-11,13,18,25H,1,5-8H2,(H,27,28)(H,30,34)/t18-/m0/s1. The maximum absolute atomic E-state index is 14.1. The van der Waals surface area contributed by atoms with Crippen molar-refractivity contribution in [2.45, 2.75) is 12.5 Å². The van der Waals surface area contributed by atoms with Crippen molar-refractivity contribution in [1.82, 2.24) is 30.2 Å². The number of benzene rings is 1. The highest BCUT2D eigenvalue weighted by Gasteiger charge is 2.26. The molecule has 0 bridgehead atoms. The van der Waals surface area contributed by atoms with Crippen LogP contribution < -0.4 is 10.2 Å². The van der Waals surface area contributed by atoms with Crippen molar-refractivity contribution >= 4 is 18.2 Å². The van der Waals surface area contributed by atoms with Crippen LogP contribution in [-0.4, -0.2) is 63.3 Å². The van der Waals surface area contributed by atoms with E-state index in [1.807, 2.05) is 11.0 Å². The number of nitrogens with one attached hydrogen (secondary N) is 3. The molecular formula is C22H21F2N9O. The van der Waals surface area contributed by atoms with Gasteiger partial charge < -0.3 is 25.5 Å². The number of imidazole rings is 1. The summed E-state index contributed by atoms with van der Waals surface area (Å²) in [7, 11) is 0. The van der Waals surface area contributed by atoms with Crippen molar-refractivity contribution in [1.29, 1.82) is 10.7 Å². The summed E-state index contributed by atoms with van der Waals surface area (Å²) in [5.41, 5.74) is 0.620. The predicted molar refractivity (Wildman–Crippen MR) is 119 cm³/mol. The largest absolute Gasteiger partial charge is 0.343 e. The Morgan fingerprint density at radius 3 is 2.74 bits per heavy atom. The number of carbonyl (C=O) groups excluding carboxylic acids is 1. The van der Waals surface area contributed by atoms with Gasteiger partial charge in [-0.15, -0.1) is 0 Å². The van der Waals surface area contributed by atoms with E-state index in [0.717, 1.165) is 18.5 Å². The number of amides is 2. The number of rotatable bonds is 6. The Bertz CT molecular complexity index is 1220. The maximum Gasteiger partial charge on any atom is 0.318 e. The fourth-order valence-corrected chi connectivity index (χ4v) is 3.70. The third-order valence-electron chi connectivity index (χ3n) is 5.41. The Morgan fingerprint density at radius 2 is 2.06 bits per heavy atom. The minimum Gasteiger partial charge on any atom is -0.343 e. The van der Waals surface area contributed by atoms with Gasteiger partial charge in [-0.25, -0.2) is 28.5 Å². The highest BCUT2D eigenvalue weighted by molar-refractivity contribution is 5.75. The van der Waals surface area contributed by atoms with E-state index in [1.54, 1.807) is 11.1 Å². The van der Waals surface area contributed by atoms with Crippen molar-refractivity contribution in [3.05, 3.63) is 59.6 Å². The lowest BCUT2D eigenvalue weighted by Gasteiger charge is -2.35. The molecule has 3 N–H and O–H groups in total. The first kappa shape index (κ1) is 22.8. The second kappa shape index (κ2) is 10.0. The number of nitriles is 1. The number of nitrogens with zero attached hydrogens (tertiary/aromatic N) is 6. The molecule has 0 unspecified atom stereocenters. The zero-order valence-corrected chi connectivity index (χ0v) is 18.0. The summed E-state index contributed by atoms with van der Waals surface area (Å²) >= 11 is 0. The zero-order chi connectivity index (χ0) is 24.1. The van der Waals surface area contributed by atoms with Crippen LogP contribution in [0.3, 0.4) is 0 Å². The minimum atomic E-state index is -0.651. The maximum atomic E-state index is 14.1. The average Bonchev–Trinajstić information content (AvgIpc) is 3.38. The molecule has 2 amide bonds. The summed E-state index contributed by atoms with van der Waals surface area (Å²) in [6.45, 7) is 1.55. The summed E-state index contributed by atoms with van der Waals surface area (Å²) in [6.07, 6.45) is 5.45. The van der Waals surface area contributed by atoms with E-state index in [-0.39, 0.29) is 23.7 Å². The molecular weight excluding hydrogens is 444 g/mol. The van der Waals surface area contributed by atoms with Crippen LogP contribution in [-0.2, 0) is 0 Å². The van der Waals surface area contributed by atoms with Gasteiger partial charge in [0.15, 0.2) is 11.6 Å². The fourth-order valence-electron chi connectivity index (χ4n) is 3.70. The molecule has 0 saturated carbocycles. The van der Waals surface area contributed by atoms with Crippen LogP contribution in [0.2, 0.25) is 0 Å². The monoisotopic (exact) mass is 465 g/mol. The van der Waals surface area contributed by atoms with Gasteiger partial charge in [-0.2, -0.15) is 5.26 Å². The minimum absolute atomic E-state index is 0.0662. The van der Waals surface area contributed by atoms with Crippen LogP contribution in [0, 0.1) is 28.4 Å². The summed E-state index contributed by atoms with van der Waals surface area (Å²) in [5, 5.41) is 19.3. The average molecular weight is 465 g/mol. The molecule has 0 radical (unpaired) electrons. The van der Waals surface area contributed by atoms with Crippen LogP contribution in [0.4, 0.5) is 19.5 Å². The number of urea groups is 1.